The molecule has 6 nitrogen and oxygen atoms in total. The minimum Gasteiger partial charge on any atom is -0.496 e. The van der Waals surface area contributed by atoms with Crippen molar-refractivity contribution in [1.29, 1.82) is 0 Å². The maximum absolute atomic E-state index is 10.9. The predicted octanol–water partition coefficient (Wildman–Crippen LogP) is 5.12. The van der Waals surface area contributed by atoms with Crippen molar-refractivity contribution in [2.75, 3.05) is 31.7 Å². The zero-order valence-corrected chi connectivity index (χ0v) is 19.5. The number of aryl methyl sites for hydroxylation is 1. The van der Waals surface area contributed by atoms with Gasteiger partial charge in [0.1, 0.15) is 30.5 Å². The Morgan fingerprint density at radius 1 is 0.971 bits per heavy atom. The molecule has 0 aliphatic carbocycles. The summed E-state index contributed by atoms with van der Waals surface area (Å²) >= 11 is 0. The summed E-state index contributed by atoms with van der Waals surface area (Å²) in [4.78, 5) is 13.3. The van der Waals surface area contributed by atoms with Crippen molar-refractivity contribution in [1.82, 2.24) is 0 Å². The SMILES string of the molecule is COc1cc(OCc2cccc3c2CCCN3CCOc2ccccc2)ccc1CCC(=O)O. The molecule has 0 spiro atoms. The van der Waals surface area contributed by atoms with Gasteiger partial charge in [0.15, 0.2) is 0 Å². The largest absolute Gasteiger partial charge is 0.496 e. The van der Waals surface area contributed by atoms with Crippen molar-refractivity contribution in [2.24, 2.45) is 0 Å². The van der Waals surface area contributed by atoms with Gasteiger partial charge in [0.25, 0.3) is 0 Å². The second-order valence-electron chi connectivity index (χ2n) is 8.32. The van der Waals surface area contributed by atoms with Crippen LogP contribution in [0.1, 0.15) is 29.5 Å². The fraction of sp³-hybridized carbons (Fsp3) is 0.321. The maximum atomic E-state index is 10.9. The molecule has 6 heteroatoms. The van der Waals surface area contributed by atoms with E-state index in [1.807, 2.05) is 48.5 Å². The molecular formula is C28H31NO5. The Balaban J connectivity index is 1.40. The third-order valence-electron chi connectivity index (χ3n) is 6.08. The molecule has 0 bridgehead atoms. The van der Waals surface area contributed by atoms with Crippen molar-refractivity contribution >= 4 is 11.7 Å². The summed E-state index contributed by atoms with van der Waals surface area (Å²) in [5.41, 5.74) is 4.63. The van der Waals surface area contributed by atoms with Gasteiger partial charge >= 0.3 is 5.97 Å². The van der Waals surface area contributed by atoms with Gasteiger partial charge in [-0.05, 0) is 60.2 Å². The molecule has 178 valence electrons. The number of fused-ring (bicyclic) bond motifs is 1. The predicted molar refractivity (Wildman–Crippen MR) is 132 cm³/mol. The van der Waals surface area contributed by atoms with Gasteiger partial charge in [-0.1, -0.05) is 36.4 Å². The fourth-order valence-electron chi connectivity index (χ4n) is 4.35. The third kappa shape index (κ3) is 6.01. The molecule has 0 saturated heterocycles. The molecule has 3 aromatic rings. The van der Waals surface area contributed by atoms with Gasteiger partial charge < -0.3 is 24.2 Å². The normalized spacial score (nSPS) is 12.7. The Kier molecular flexibility index (Phi) is 7.91. The monoisotopic (exact) mass is 461 g/mol. The first kappa shape index (κ1) is 23.5. The smallest absolute Gasteiger partial charge is 0.303 e. The van der Waals surface area contributed by atoms with Crippen molar-refractivity contribution in [3.63, 3.8) is 0 Å². The van der Waals surface area contributed by atoms with Crippen molar-refractivity contribution in [3.05, 3.63) is 83.4 Å². The summed E-state index contributed by atoms with van der Waals surface area (Å²) in [7, 11) is 1.59. The number of ether oxygens (including phenoxy) is 3. The number of methoxy groups -OCH3 is 1. The molecule has 0 radical (unpaired) electrons. The topological polar surface area (TPSA) is 68.2 Å². The number of nitrogens with zero attached hydrogens (tertiary/aromatic N) is 1. The zero-order valence-electron chi connectivity index (χ0n) is 19.5. The lowest BCUT2D eigenvalue weighted by molar-refractivity contribution is -0.136. The van der Waals surface area contributed by atoms with E-state index in [0.717, 1.165) is 37.2 Å². The minimum atomic E-state index is -0.822. The third-order valence-corrected chi connectivity index (χ3v) is 6.08. The second kappa shape index (κ2) is 11.5. The first-order chi connectivity index (χ1) is 16.6. The Bertz CT molecular complexity index is 1100. The van der Waals surface area contributed by atoms with Crippen LogP contribution in [0.15, 0.2) is 66.7 Å². The lowest BCUT2D eigenvalue weighted by Gasteiger charge is -2.32. The van der Waals surface area contributed by atoms with E-state index in [1.165, 1.54) is 16.8 Å². The van der Waals surface area contributed by atoms with Crippen LogP contribution in [0.3, 0.4) is 0 Å². The molecule has 0 atom stereocenters. The number of carboxylic acids is 1. The number of anilines is 1. The highest BCUT2D eigenvalue weighted by Crippen LogP contribution is 2.31. The number of carboxylic acid groups (broad SMARTS) is 1. The van der Waals surface area contributed by atoms with Gasteiger partial charge in [-0.3, -0.25) is 4.79 Å². The minimum absolute atomic E-state index is 0.0691. The van der Waals surface area contributed by atoms with Crippen molar-refractivity contribution in [2.45, 2.75) is 32.3 Å². The van der Waals surface area contributed by atoms with E-state index >= 15 is 0 Å². The number of carbonyl (C=O) groups is 1. The average molecular weight is 462 g/mol. The van der Waals surface area contributed by atoms with Crippen LogP contribution in [-0.4, -0.2) is 37.9 Å². The average Bonchev–Trinajstić information content (AvgIpc) is 2.87. The van der Waals surface area contributed by atoms with Crippen LogP contribution in [0.4, 0.5) is 5.69 Å². The van der Waals surface area contributed by atoms with E-state index in [4.69, 9.17) is 19.3 Å². The van der Waals surface area contributed by atoms with Gasteiger partial charge in [0.2, 0.25) is 0 Å². The molecule has 0 unspecified atom stereocenters. The molecular weight excluding hydrogens is 430 g/mol. The van der Waals surface area contributed by atoms with Crippen molar-refractivity contribution in [3.8, 4) is 17.2 Å². The molecule has 0 aromatic heterocycles. The van der Waals surface area contributed by atoms with Crippen LogP contribution < -0.4 is 19.1 Å². The summed E-state index contributed by atoms with van der Waals surface area (Å²) in [5, 5.41) is 8.94. The second-order valence-corrected chi connectivity index (χ2v) is 8.32. The molecule has 1 aliphatic rings. The number of benzene rings is 3. The number of aliphatic carboxylic acids is 1. The summed E-state index contributed by atoms with van der Waals surface area (Å²) in [6.07, 6.45) is 2.62. The zero-order chi connectivity index (χ0) is 23.8. The molecule has 34 heavy (non-hydrogen) atoms. The highest BCUT2D eigenvalue weighted by molar-refractivity contribution is 5.67. The van der Waals surface area contributed by atoms with E-state index in [-0.39, 0.29) is 6.42 Å². The number of rotatable bonds is 11. The van der Waals surface area contributed by atoms with Crippen LogP contribution >= 0.6 is 0 Å². The number of para-hydroxylation sites is 1. The van der Waals surface area contributed by atoms with Crippen molar-refractivity contribution < 1.29 is 24.1 Å². The summed E-state index contributed by atoms with van der Waals surface area (Å²) in [6.45, 7) is 2.96. The van der Waals surface area contributed by atoms with E-state index in [2.05, 4.69) is 23.1 Å². The molecule has 4 rings (SSSR count). The standard InChI is InChI=1S/C28H31NO5/c1-32-27-19-24(14-12-21(27)13-15-28(30)31)34-20-22-7-5-11-26-25(22)10-6-16-29(26)17-18-33-23-8-3-2-4-9-23/h2-5,7-9,11-12,14,19H,6,10,13,15-18,20H2,1H3,(H,30,31). The lowest BCUT2D eigenvalue weighted by atomic mass is 9.96. The molecule has 1 heterocycles. The van der Waals surface area contributed by atoms with Gasteiger partial charge in [-0.15, -0.1) is 0 Å². The lowest BCUT2D eigenvalue weighted by Crippen LogP contribution is -2.33. The Labute approximate surface area is 200 Å². The van der Waals surface area contributed by atoms with E-state index < -0.39 is 5.97 Å². The maximum Gasteiger partial charge on any atom is 0.303 e. The summed E-state index contributed by atoms with van der Waals surface area (Å²) in [5.74, 6) is 1.43. The first-order valence-corrected chi connectivity index (χ1v) is 11.7. The van der Waals surface area contributed by atoms with Crippen LogP contribution in [0.2, 0.25) is 0 Å². The fourth-order valence-corrected chi connectivity index (χ4v) is 4.35. The van der Waals surface area contributed by atoms with Gasteiger partial charge in [0.05, 0.1) is 13.7 Å². The number of hydrogen-bond donors (Lipinski definition) is 1. The van der Waals surface area contributed by atoms with E-state index in [1.54, 1.807) is 7.11 Å². The van der Waals surface area contributed by atoms with Crippen LogP contribution in [0, 0.1) is 0 Å². The molecule has 0 saturated carbocycles. The van der Waals surface area contributed by atoms with Gasteiger partial charge in [-0.25, -0.2) is 0 Å². The van der Waals surface area contributed by atoms with E-state index in [0.29, 0.717) is 31.1 Å². The molecule has 0 amide bonds. The van der Waals surface area contributed by atoms with Gasteiger partial charge in [0, 0.05) is 24.7 Å². The van der Waals surface area contributed by atoms with Gasteiger partial charge in [-0.2, -0.15) is 0 Å². The van der Waals surface area contributed by atoms with Crippen LogP contribution in [0.25, 0.3) is 0 Å². The van der Waals surface area contributed by atoms with E-state index in [9.17, 15) is 4.79 Å². The summed E-state index contributed by atoms with van der Waals surface area (Å²) < 4.78 is 17.5. The first-order valence-electron chi connectivity index (χ1n) is 11.7. The Morgan fingerprint density at radius 3 is 2.62 bits per heavy atom. The molecule has 1 N–H and O–H groups in total. The van der Waals surface area contributed by atoms with Crippen LogP contribution in [-0.2, 0) is 24.2 Å². The number of hydrogen-bond acceptors (Lipinski definition) is 5. The Hall–Kier alpha value is -3.67. The van der Waals surface area contributed by atoms with Crippen LogP contribution in [0.5, 0.6) is 17.2 Å². The molecule has 0 fully saturated rings. The highest BCUT2D eigenvalue weighted by Gasteiger charge is 2.19. The molecule has 3 aromatic carbocycles. The quantitative estimate of drug-likeness (QED) is 0.427. The highest BCUT2D eigenvalue weighted by atomic mass is 16.5. The summed E-state index contributed by atoms with van der Waals surface area (Å²) in [6, 6.07) is 21.9. The molecule has 1 aliphatic heterocycles. The Morgan fingerprint density at radius 2 is 1.82 bits per heavy atom.